The molecular weight excluding hydrogens is 180 g/mol. The zero-order chi connectivity index (χ0) is 10.2. The van der Waals surface area contributed by atoms with Crippen molar-refractivity contribution < 1.29 is 9.53 Å². The van der Waals surface area contributed by atoms with Crippen molar-refractivity contribution in [3.05, 3.63) is 0 Å². The van der Waals surface area contributed by atoms with Crippen LogP contribution in [0.1, 0.15) is 26.2 Å². The van der Waals surface area contributed by atoms with Crippen molar-refractivity contribution >= 4 is 5.91 Å². The summed E-state index contributed by atoms with van der Waals surface area (Å²) in [5, 5.41) is 5.91. The Morgan fingerprint density at radius 2 is 2.43 bits per heavy atom. The summed E-state index contributed by atoms with van der Waals surface area (Å²) in [6.45, 7) is 4.87. The lowest BCUT2D eigenvalue weighted by Crippen LogP contribution is -2.37. The van der Waals surface area contributed by atoms with E-state index in [1.54, 1.807) is 0 Å². The lowest BCUT2D eigenvalue weighted by Gasteiger charge is -2.10. The smallest absolute Gasteiger partial charge is 0.233 e. The number of hydrogen-bond donors (Lipinski definition) is 2. The first-order valence-electron chi connectivity index (χ1n) is 5.42. The molecular formula is C10H20N2O2. The van der Waals surface area contributed by atoms with Crippen LogP contribution in [0.3, 0.4) is 0 Å². The first kappa shape index (κ1) is 11.5. The molecule has 0 spiro atoms. The number of rotatable bonds is 6. The molecule has 0 aliphatic carbocycles. The molecule has 82 valence electrons. The third-order valence-electron chi connectivity index (χ3n) is 2.25. The number of nitrogens with one attached hydrogen (secondary N) is 2. The van der Waals surface area contributed by atoms with Crippen LogP contribution < -0.4 is 10.6 Å². The lowest BCUT2D eigenvalue weighted by molar-refractivity contribution is -0.120. The van der Waals surface area contributed by atoms with Crippen molar-refractivity contribution in [3.8, 4) is 0 Å². The molecule has 4 nitrogen and oxygen atoms in total. The van der Waals surface area contributed by atoms with Crippen LogP contribution in [0.2, 0.25) is 0 Å². The van der Waals surface area contributed by atoms with E-state index in [9.17, 15) is 4.79 Å². The highest BCUT2D eigenvalue weighted by Gasteiger charge is 2.14. The number of amides is 1. The van der Waals surface area contributed by atoms with Gasteiger partial charge in [-0.05, 0) is 19.3 Å². The van der Waals surface area contributed by atoms with Gasteiger partial charge in [0.05, 0.1) is 12.6 Å². The van der Waals surface area contributed by atoms with E-state index in [1.165, 1.54) is 0 Å². The first-order valence-corrected chi connectivity index (χ1v) is 5.42. The summed E-state index contributed by atoms with van der Waals surface area (Å²) in [6.07, 6.45) is 3.56. The van der Waals surface area contributed by atoms with Gasteiger partial charge in [-0.3, -0.25) is 4.79 Å². The molecule has 2 N–H and O–H groups in total. The van der Waals surface area contributed by atoms with Crippen LogP contribution in [-0.4, -0.2) is 38.3 Å². The minimum atomic E-state index is 0.0739. The van der Waals surface area contributed by atoms with Crippen molar-refractivity contribution in [2.75, 3.05) is 26.2 Å². The Morgan fingerprint density at radius 1 is 1.57 bits per heavy atom. The highest BCUT2D eigenvalue weighted by molar-refractivity contribution is 5.77. The number of ether oxygens (including phenoxy) is 1. The zero-order valence-corrected chi connectivity index (χ0v) is 8.84. The van der Waals surface area contributed by atoms with Gasteiger partial charge in [0.15, 0.2) is 0 Å². The van der Waals surface area contributed by atoms with E-state index in [4.69, 9.17) is 4.74 Å². The molecule has 0 aromatic carbocycles. The van der Waals surface area contributed by atoms with E-state index < -0.39 is 0 Å². The maximum Gasteiger partial charge on any atom is 0.233 e. The maximum atomic E-state index is 11.2. The van der Waals surface area contributed by atoms with E-state index in [1.807, 2.05) is 6.92 Å². The predicted octanol–water partition coefficient (Wildman–Crippen LogP) is 0.281. The van der Waals surface area contributed by atoms with E-state index >= 15 is 0 Å². The Bertz CT molecular complexity index is 168. The average molecular weight is 200 g/mol. The first-order chi connectivity index (χ1) is 6.83. The lowest BCUT2D eigenvalue weighted by atomic mass is 10.2. The van der Waals surface area contributed by atoms with Crippen molar-refractivity contribution in [2.45, 2.75) is 32.3 Å². The molecule has 4 heteroatoms. The molecule has 14 heavy (non-hydrogen) atoms. The molecule has 0 radical (unpaired) electrons. The van der Waals surface area contributed by atoms with Crippen molar-refractivity contribution in [1.29, 1.82) is 0 Å². The summed E-state index contributed by atoms with van der Waals surface area (Å²) in [4.78, 5) is 11.2. The minimum Gasteiger partial charge on any atom is -0.377 e. The average Bonchev–Trinajstić information content (AvgIpc) is 2.67. The van der Waals surface area contributed by atoms with E-state index in [0.717, 1.165) is 39.0 Å². The summed E-state index contributed by atoms with van der Waals surface area (Å²) in [5.74, 6) is 0.0739. The molecule has 0 aromatic rings. The second-order valence-corrected chi connectivity index (χ2v) is 3.62. The standard InChI is InChI=1S/C10H20N2O2/c1-2-5-12-10(13)8-11-7-9-4-3-6-14-9/h9,11H,2-8H2,1H3,(H,12,13). The Kier molecular flexibility index (Phi) is 5.56. The molecule has 1 saturated heterocycles. The van der Waals surface area contributed by atoms with Crippen LogP contribution in [0.4, 0.5) is 0 Å². The highest BCUT2D eigenvalue weighted by Crippen LogP contribution is 2.10. The molecule has 0 bridgehead atoms. The van der Waals surface area contributed by atoms with Crippen LogP contribution in [-0.2, 0) is 9.53 Å². The summed E-state index contributed by atoms with van der Waals surface area (Å²) in [6, 6.07) is 0. The Balaban J connectivity index is 1.94. The zero-order valence-electron chi connectivity index (χ0n) is 8.84. The normalized spacial score (nSPS) is 21.1. The molecule has 1 aliphatic rings. The van der Waals surface area contributed by atoms with Crippen LogP contribution in [0.5, 0.6) is 0 Å². The SMILES string of the molecule is CCCNC(=O)CNCC1CCCO1. The third kappa shape index (κ3) is 4.58. The van der Waals surface area contributed by atoms with E-state index in [-0.39, 0.29) is 5.91 Å². The quantitative estimate of drug-likeness (QED) is 0.647. The molecule has 1 heterocycles. The van der Waals surface area contributed by atoms with E-state index in [2.05, 4.69) is 10.6 Å². The van der Waals surface area contributed by atoms with Gasteiger partial charge >= 0.3 is 0 Å². The molecule has 1 aliphatic heterocycles. The molecule has 0 saturated carbocycles. The van der Waals surface area contributed by atoms with Gasteiger partial charge in [0.1, 0.15) is 0 Å². The summed E-state index contributed by atoms with van der Waals surface area (Å²) in [5.41, 5.74) is 0. The van der Waals surface area contributed by atoms with Crippen LogP contribution in [0, 0.1) is 0 Å². The molecule has 0 aromatic heterocycles. The van der Waals surface area contributed by atoms with Crippen LogP contribution >= 0.6 is 0 Å². The number of carbonyl (C=O) groups excluding carboxylic acids is 1. The van der Waals surface area contributed by atoms with Gasteiger partial charge in [-0.15, -0.1) is 0 Å². The van der Waals surface area contributed by atoms with Crippen molar-refractivity contribution in [1.82, 2.24) is 10.6 Å². The summed E-state index contributed by atoms with van der Waals surface area (Å²) in [7, 11) is 0. The van der Waals surface area contributed by atoms with Crippen LogP contribution in [0.15, 0.2) is 0 Å². The second-order valence-electron chi connectivity index (χ2n) is 3.62. The topological polar surface area (TPSA) is 50.4 Å². The predicted molar refractivity (Wildman–Crippen MR) is 55.1 cm³/mol. The fourth-order valence-electron chi connectivity index (χ4n) is 1.48. The molecule has 1 amide bonds. The molecule has 1 rings (SSSR count). The van der Waals surface area contributed by atoms with Gasteiger partial charge in [-0.2, -0.15) is 0 Å². The van der Waals surface area contributed by atoms with Gasteiger partial charge in [0.25, 0.3) is 0 Å². The summed E-state index contributed by atoms with van der Waals surface area (Å²) < 4.78 is 5.42. The largest absolute Gasteiger partial charge is 0.377 e. The van der Waals surface area contributed by atoms with Gasteiger partial charge in [0.2, 0.25) is 5.91 Å². The maximum absolute atomic E-state index is 11.2. The minimum absolute atomic E-state index is 0.0739. The van der Waals surface area contributed by atoms with Gasteiger partial charge < -0.3 is 15.4 Å². The van der Waals surface area contributed by atoms with E-state index in [0.29, 0.717) is 12.6 Å². The number of carbonyl (C=O) groups is 1. The Morgan fingerprint density at radius 3 is 3.07 bits per heavy atom. The fourth-order valence-corrected chi connectivity index (χ4v) is 1.48. The van der Waals surface area contributed by atoms with Crippen molar-refractivity contribution in [2.24, 2.45) is 0 Å². The molecule has 1 unspecified atom stereocenters. The van der Waals surface area contributed by atoms with Crippen LogP contribution in [0.25, 0.3) is 0 Å². The summed E-state index contributed by atoms with van der Waals surface area (Å²) >= 11 is 0. The fraction of sp³-hybridized carbons (Fsp3) is 0.900. The number of hydrogen-bond acceptors (Lipinski definition) is 3. The molecule has 1 fully saturated rings. The van der Waals surface area contributed by atoms with Gasteiger partial charge in [0, 0.05) is 19.7 Å². The van der Waals surface area contributed by atoms with Crippen molar-refractivity contribution in [3.63, 3.8) is 0 Å². The Labute approximate surface area is 85.4 Å². The third-order valence-corrected chi connectivity index (χ3v) is 2.25. The van der Waals surface area contributed by atoms with Gasteiger partial charge in [-0.25, -0.2) is 0 Å². The Hall–Kier alpha value is -0.610. The monoisotopic (exact) mass is 200 g/mol. The molecule has 1 atom stereocenters. The second kappa shape index (κ2) is 6.79. The highest BCUT2D eigenvalue weighted by atomic mass is 16.5. The van der Waals surface area contributed by atoms with Gasteiger partial charge in [-0.1, -0.05) is 6.92 Å².